The quantitative estimate of drug-likeness (QED) is 0.267. The van der Waals surface area contributed by atoms with Crippen LogP contribution in [-0.2, 0) is 70.3 Å². The second-order valence-electron chi connectivity index (χ2n) is 11.5. The van der Waals surface area contributed by atoms with Crippen LogP contribution < -0.4 is 16.2 Å². The lowest BCUT2D eigenvalue weighted by molar-refractivity contribution is 0.389. The molecule has 4 atom stereocenters. The van der Waals surface area contributed by atoms with E-state index >= 15 is 0 Å². The fourth-order valence-electron chi connectivity index (χ4n) is 6.38. The molecule has 0 radical (unpaired) electrons. The van der Waals surface area contributed by atoms with E-state index < -0.39 is 0 Å². The fraction of sp³-hybridized carbons (Fsp3) is 0.625. The average Bonchev–Trinajstić information content (AvgIpc) is 3.76. The Bertz CT molecular complexity index is 1160. The minimum absolute atomic E-state index is 0.202. The molecule has 4 heterocycles. The highest BCUT2D eigenvalue weighted by Crippen LogP contribution is 2.47. The van der Waals surface area contributed by atoms with E-state index in [9.17, 15) is 0 Å². The number of hydrogen-bond acceptors (Lipinski definition) is 7. The summed E-state index contributed by atoms with van der Waals surface area (Å²) in [7, 11) is 0. The molecule has 4 unspecified atom stereocenters. The van der Waals surface area contributed by atoms with Gasteiger partial charge in [0.05, 0.1) is 50.8 Å². The third kappa shape index (κ3) is 5.51. The molecular weight excluding hydrogens is 492 g/mol. The molecule has 4 aliphatic rings. The normalized spacial score (nSPS) is 24.6. The first-order valence-electron chi connectivity index (χ1n) is 15.0. The smallest absolute Gasteiger partial charge is 0.134 e. The Morgan fingerprint density at radius 1 is 0.487 bits per heavy atom. The van der Waals surface area contributed by atoms with Crippen LogP contribution in [-0.4, -0.2) is 50.8 Å². The van der Waals surface area contributed by atoms with Gasteiger partial charge in [0.15, 0.2) is 0 Å². The first-order valence-corrected chi connectivity index (χ1v) is 15.0. The van der Waals surface area contributed by atoms with Crippen molar-refractivity contribution in [1.29, 1.82) is 0 Å². The zero-order chi connectivity index (χ0) is 27.3. The summed E-state index contributed by atoms with van der Waals surface area (Å²) in [6.45, 7) is 11.9. The highest BCUT2D eigenvalue weighted by molar-refractivity contribution is 5.71. The van der Waals surface area contributed by atoms with Gasteiger partial charge >= 0.3 is 0 Å². The molecule has 212 valence electrons. The van der Waals surface area contributed by atoms with Crippen molar-refractivity contribution in [1.82, 2.24) is 0 Å². The summed E-state index contributed by atoms with van der Waals surface area (Å²) in [5.41, 5.74) is 25.2. The Morgan fingerprint density at radius 3 is 1.08 bits per heavy atom. The van der Waals surface area contributed by atoms with Gasteiger partial charge in [0.1, 0.15) is 11.5 Å². The monoisotopic (exact) mass is 536 g/mol. The van der Waals surface area contributed by atoms with E-state index in [1.807, 2.05) is 0 Å². The molecule has 0 amide bonds. The minimum atomic E-state index is 0.202. The summed E-state index contributed by atoms with van der Waals surface area (Å²) in [5.74, 6) is 1.95. The number of anilines is 2. The van der Waals surface area contributed by atoms with Crippen LogP contribution in [0.3, 0.4) is 0 Å². The zero-order valence-electron chi connectivity index (χ0n) is 24.0. The topological polar surface area (TPSA) is 111 Å². The second kappa shape index (κ2) is 10.9. The Labute approximate surface area is 232 Å². The molecule has 4 saturated heterocycles. The molecule has 4 aliphatic heterocycles. The van der Waals surface area contributed by atoms with Crippen molar-refractivity contribution in [3.63, 3.8) is 0 Å². The maximum Gasteiger partial charge on any atom is 0.134 e. The van der Waals surface area contributed by atoms with E-state index in [0.717, 1.165) is 112 Å². The highest BCUT2D eigenvalue weighted by Gasteiger charge is 2.37. The van der Waals surface area contributed by atoms with Gasteiger partial charge in [0.25, 0.3) is 0 Å². The van der Waals surface area contributed by atoms with Crippen molar-refractivity contribution in [2.75, 3.05) is 37.9 Å². The van der Waals surface area contributed by atoms with Gasteiger partial charge in [-0.05, 0) is 47.9 Å². The summed E-state index contributed by atoms with van der Waals surface area (Å²) in [4.78, 5) is 0. The first kappa shape index (κ1) is 26.9. The average molecular weight is 537 g/mol. The molecule has 7 nitrogen and oxygen atoms in total. The van der Waals surface area contributed by atoms with Gasteiger partial charge in [-0.2, -0.15) is 0 Å². The number of benzene rings is 2. The van der Waals surface area contributed by atoms with Gasteiger partial charge < -0.3 is 35.2 Å². The van der Waals surface area contributed by atoms with Gasteiger partial charge in [-0.1, -0.05) is 27.7 Å². The molecule has 0 aromatic heterocycles. The molecular formula is C32H44N2O5. The summed E-state index contributed by atoms with van der Waals surface area (Å²) >= 11 is 0. The maximum atomic E-state index is 7.32. The summed E-state index contributed by atoms with van der Waals surface area (Å²) in [5, 5.41) is 0. The molecule has 2 aromatic carbocycles. The SMILES string of the molecule is CCc1c(N)c(CC)c(CC)c(Oc2c(CC3CO3)c(CC3CO3)c(N)c(CC3CO3)c2CC2CO2)c1CC. The molecule has 0 aliphatic carbocycles. The summed E-state index contributed by atoms with van der Waals surface area (Å²) in [6.07, 6.45) is 7.50. The third-order valence-corrected chi connectivity index (χ3v) is 8.81. The van der Waals surface area contributed by atoms with Crippen molar-refractivity contribution in [3.05, 3.63) is 44.5 Å². The largest absolute Gasteiger partial charge is 0.456 e. The van der Waals surface area contributed by atoms with Crippen molar-refractivity contribution < 1.29 is 23.7 Å². The lowest BCUT2D eigenvalue weighted by atomic mass is 9.85. The molecule has 2 aromatic rings. The van der Waals surface area contributed by atoms with E-state index in [1.165, 1.54) is 33.4 Å². The van der Waals surface area contributed by atoms with Crippen LogP contribution >= 0.6 is 0 Å². The van der Waals surface area contributed by atoms with Crippen LogP contribution in [0, 0.1) is 0 Å². The maximum absolute atomic E-state index is 7.32. The lowest BCUT2D eigenvalue weighted by Crippen LogP contribution is -2.17. The molecule has 0 saturated carbocycles. The van der Waals surface area contributed by atoms with Crippen molar-refractivity contribution in [3.8, 4) is 11.5 Å². The minimum Gasteiger partial charge on any atom is -0.456 e. The van der Waals surface area contributed by atoms with Gasteiger partial charge in [-0.15, -0.1) is 0 Å². The fourth-order valence-corrected chi connectivity index (χ4v) is 6.38. The number of nitrogen functional groups attached to an aromatic ring is 2. The second-order valence-corrected chi connectivity index (χ2v) is 11.5. The van der Waals surface area contributed by atoms with Crippen molar-refractivity contribution in [2.24, 2.45) is 0 Å². The Kier molecular flexibility index (Phi) is 7.53. The molecule has 39 heavy (non-hydrogen) atoms. The highest BCUT2D eigenvalue weighted by atomic mass is 16.6. The van der Waals surface area contributed by atoms with E-state index in [1.54, 1.807) is 0 Å². The number of epoxide rings is 4. The van der Waals surface area contributed by atoms with Gasteiger partial charge in [0, 0.05) is 59.3 Å². The number of nitrogens with two attached hydrogens (primary N) is 2. The number of ether oxygens (including phenoxy) is 5. The summed E-state index contributed by atoms with van der Waals surface area (Å²) in [6, 6.07) is 0. The predicted molar refractivity (Wildman–Crippen MR) is 153 cm³/mol. The standard InChI is InChI=1S/C32H44N2O5/c1-5-21-23(7-3)31(24(8-4)22(6-2)29(21)33)39-32-27(11-19-15-37-19)25(9-17-13-35-17)30(34)26(10-18-14-36-18)28(32)12-20-16-38-20/h17-20H,5-16,33-34H2,1-4H3. The van der Waals surface area contributed by atoms with Crippen molar-refractivity contribution >= 4 is 11.4 Å². The van der Waals surface area contributed by atoms with Crippen molar-refractivity contribution in [2.45, 2.75) is 103 Å². The predicted octanol–water partition coefficient (Wildman–Crippen LogP) is 4.66. The molecule has 0 bridgehead atoms. The number of hydrogen-bond donors (Lipinski definition) is 2. The van der Waals surface area contributed by atoms with Crippen LogP contribution in [0.1, 0.15) is 72.2 Å². The van der Waals surface area contributed by atoms with Crippen LogP contribution in [0.25, 0.3) is 0 Å². The van der Waals surface area contributed by atoms with Crippen LogP contribution in [0.2, 0.25) is 0 Å². The Hall–Kier alpha value is -2.32. The molecule has 4 fully saturated rings. The van der Waals surface area contributed by atoms with Crippen LogP contribution in [0.15, 0.2) is 0 Å². The Balaban J connectivity index is 1.59. The van der Waals surface area contributed by atoms with E-state index in [2.05, 4.69) is 27.7 Å². The first-order chi connectivity index (χ1) is 19.0. The van der Waals surface area contributed by atoms with E-state index in [0.29, 0.717) is 0 Å². The van der Waals surface area contributed by atoms with Crippen LogP contribution in [0.5, 0.6) is 11.5 Å². The Morgan fingerprint density at radius 2 is 0.769 bits per heavy atom. The third-order valence-electron chi connectivity index (χ3n) is 8.81. The molecule has 4 N–H and O–H groups in total. The zero-order valence-corrected chi connectivity index (χ0v) is 24.0. The molecule has 6 rings (SSSR count). The summed E-state index contributed by atoms with van der Waals surface area (Å²) < 4.78 is 30.2. The van der Waals surface area contributed by atoms with Gasteiger partial charge in [-0.25, -0.2) is 0 Å². The number of rotatable bonds is 14. The van der Waals surface area contributed by atoms with E-state index in [-0.39, 0.29) is 24.4 Å². The van der Waals surface area contributed by atoms with Gasteiger partial charge in [0.2, 0.25) is 0 Å². The van der Waals surface area contributed by atoms with Gasteiger partial charge in [-0.3, -0.25) is 0 Å². The van der Waals surface area contributed by atoms with Crippen LogP contribution in [0.4, 0.5) is 11.4 Å². The lowest BCUT2D eigenvalue weighted by Gasteiger charge is -2.28. The molecule has 7 heteroatoms. The van der Waals surface area contributed by atoms with E-state index in [4.69, 9.17) is 35.2 Å². The molecule has 0 spiro atoms.